The van der Waals surface area contributed by atoms with Gasteiger partial charge in [0.05, 0.1) is 5.56 Å². The van der Waals surface area contributed by atoms with Gasteiger partial charge in [0.25, 0.3) is 0 Å². The van der Waals surface area contributed by atoms with Gasteiger partial charge >= 0.3 is 18.2 Å². The summed E-state index contributed by atoms with van der Waals surface area (Å²) in [6.07, 6.45) is 0.796. The van der Waals surface area contributed by atoms with Gasteiger partial charge in [-0.15, -0.1) is 0 Å². The Hall–Kier alpha value is -3.22. The Morgan fingerprint density at radius 1 is 1.11 bits per heavy atom. The highest BCUT2D eigenvalue weighted by Crippen LogP contribution is 2.21. The van der Waals surface area contributed by atoms with E-state index >= 15 is 0 Å². The van der Waals surface area contributed by atoms with Crippen LogP contribution in [0, 0.1) is 0 Å². The molecule has 3 aromatic rings. The van der Waals surface area contributed by atoms with E-state index in [4.69, 9.17) is 9.15 Å². The van der Waals surface area contributed by atoms with Gasteiger partial charge in [-0.1, -0.05) is 19.1 Å². The minimum atomic E-state index is -2.94. The third-order valence-corrected chi connectivity index (χ3v) is 3.98. The Morgan fingerprint density at radius 3 is 2.52 bits per heavy atom. The molecule has 5 nitrogen and oxygen atoms in total. The predicted molar refractivity (Wildman–Crippen MR) is 94.1 cm³/mol. The fraction of sp³-hybridized carbons (Fsp3) is 0.200. The Morgan fingerprint density at radius 2 is 1.85 bits per heavy atom. The SMILES string of the molecule is CCc1ccc2c(COC(=O)c3ccc(OC(F)F)cc3)cc(=O)oc2c1. The van der Waals surface area contributed by atoms with E-state index < -0.39 is 18.2 Å². The molecule has 0 amide bonds. The standard InChI is InChI=1S/C20H16F2O5/c1-2-12-3-8-16-14(10-18(23)27-17(16)9-12)11-25-19(24)13-4-6-15(7-5-13)26-20(21)22/h3-10,20H,2,11H2,1H3. The fourth-order valence-corrected chi connectivity index (χ4v) is 2.61. The number of hydrogen-bond donors (Lipinski definition) is 0. The summed E-state index contributed by atoms with van der Waals surface area (Å²) in [5, 5.41) is 0.681. The number of benzene rings is 2. The van der Waals surface area contributed by atoms with Crippen molar-refractivity contribution in [1.29, 1.82) is 0 Å². The molecular weight excluding hydrogens is 358 g/mol. The average molecular weight is 374 g/mol. The van der Waals surface area contributed by atoms with Crippen LogP contribution in [0.25, 0.3) is 11.0 Å². The van der Waals surface area contributed by atoms with Crippen LogP contribution >= 0.6 is 0 Å². The zero-order valence-electron chi connectivity index (χ0n) is 14.4. The van der Waals surface area contributed by atoms with Crippen molar-refractivity contribution >= 4 is 16.9 Å². The molecule has 0 bridgehead atoms. The van der Waals surface area contributed by atoms with Crippen LogP contribution in [0.3, 0.4) is 0 Å². The molecule has 0 aliphatic carbocycles. The Bertz CT molecular complexity index is 1010. The van der Waals surface area contributed by atoms with E-state index in [1.807, 2.05) is 19.1 Å². The van der Waals surface area contributed by atoms with E-state index in [9.17, 15) is 18.4 Å². The van der Waals surface area contributed by atoms with Crippen LogP contribution in [0.5, 0.6) is 5.75 Å². The molecule has 0 unspecified atom stereocenters. The number of rotatable bonds is 6. The predicted octanol–water partition coefficient (Wildman–Crippen LogP) is 4.31. The number of carbonyl (C=O) groups excluding carboxylic acids is 1. The molecule has 1 aromatic heterocycles. The number of carbonyl (C=O) groups is 1. The minimum Gasteiger partial charge on any atom is -0.457 e. The van der Waals surface area contributed by atoms with E-state index in [0.717, 1.165) is 12.0 Å². The largest absolute Gasteiger partial charge is 0.457 e. The van der Waals surface area contributed by atoms with Crippen molar-refractivity contribution in [3.8, 4) is 5.75 Å². The van der Waals surface area contributed by atoms with E-state index in [-0.39, 0.29) is 17.9 Å². The van der Waals surface area contributed by atoms with Gasteiger partial charge in [0.2, 0.25) is 0 Å². The van der Waals surface area contributed by atoms with Gasteiger partial charge in [0.15, 0.2) is 0 Å². The zero-order chi connectivity index (χ0) is 19.4. The van der Waals surface area contributed by atoms with Crippen LogP contribution in [0.2, 0.25) is 0 Å². The lowest BCUT2D eigenvalue weighted by molar-refractivity contribution is -0.0498. The van der Waals surface area contributed by atoms with Crippen LogP contribution in [0.1, 0.15) is 28.4 Å². The summed E-state index contributed by atoms with van der Waals surface area (Å²) in [4.78, 5) is 23.9. The van der Waals surface area contributed by atoms with Crippen molar-refractivity contribution in [3.63, 3.8) is 0 Å². The second-order valence-electron chi connectivity index (χ2n) is 5.75. The Labute approximate surface area is 153 Å². The van der Waals surface area contributed by atoms with Crippen LogP contribution in [0.15, 0.2) is 57.7 Å². The number of halogens is 2. The molecule has 140 valence electrons. The van der Waals surface area contributed by atoms with Crippen molar-refractivity contribution in [3.05, 3.63) is 75.6 Å². The first kappa shape index (κ1) is 18.6. The molecule has 0 aliphatic rings. The first-order valence-electron chi connectivity index (χ1n) is 8.24. The molecule has 7 heteroatoms. The molecular formula is C20H16F2O5. The fourth-order valence-electron chi connectivity index (χ4n) is 2.61. The molecule has 2 aromatic carbocycles. The monoisotopic (exact) mass is 374 g/mol. The van der Waals surface area contributed by atoms with Crippen molar-refractivity contribution < 1.29 is 27.5 Å². The highest BCUT2D eigenvalue weighted by molar-refractivity contribution is 5.89. The maximum atomic E-state index is 12.2. The van der Waals surface area contributed by atoms with Gasteiger partial charge < -0.3 is 13.9 Å². The topological polar surface area (TPSA) is 65.7 Å². The summed E-state index contributed by atoms with van der Waals surface area (Å²) < 4.78 is 39.0. The third kappa shape index (κ3) is 4.49. The molecule has 0 spiro atoms. The molecule has 3 rings (SSSR count). The zero-order valence-corrected chi connectivity index (χ0v) is 14.4. The highest BCUT2D eigenvalue weighted by atomic mass is 19.3. The lowest BCUT2D eigenvalue weighted by atomic mass is 10.1. The van der Waals surface area contributed by atoms with Crippen molar-refractivity contribution in [2.45, 2.75) is 26.6 Å². The molecule has 0 atom stereocenters. The van der Waals surface area contributed by atoms with Gasteiger partial charge in [-0.2, -0.15) is 8.78 Å². The smallest absolute Gasteiger partial charge is 0.387 e. The number of alkyl halides is 2. The van der Waals surface area contributed by atoms with Gasteiger partial charge in [-0.05, 0) is 42.3 Å². The summed E-state index contributed by atoms with van der Waals surface area (Å²) in [7, 11) is 0. The normalized spacial score (nSPS) is 11.0. The number of fused-ring (bicyclic) bond motifs is 1. The highest BCUT2D eigenvalue weighted by Gasteiger charge is 2.12. The first-order chi connectivity index (χ1) is 13.0. The van der Waals surface area contributed by atoms with E-state index in [1.54, 1.807) is 6.07 Å². The van der Waals surface area contributed by atoms with Gasteiger partial charge in [0.1, 0.15) is 17.9 Å². The van der Waals surface area contributed by atoms with Crippen LogP contribution in [-0.4, -0.2) is 12.6 Å². The lowest BCUT2D eigenvalue weighted by Crippen LogP contribution is -2.08. The summed E-state index contributed by atoms with van der Waals surface area (Å²) in [6, 6.07) is 11.9. The number of esters is 1. The van der Waals surface area contributed by atoms with Gasteiger partial charge in [-0.3, -0.25) is 0 Å². The van der Waals surface area contributed by atoms with Crippen molar-refractivity contribution in [1.82, 2.24) is 0 Å². The maximum Gasteiger partial charge on any atom is 0.387 e. The lowest BCUT2D eigenvalue weighted by Gasteiger charge is -2.09. The second-order valence-corrected chi connectivity index (χ2v) is 5.75. The number of ether oxygens (including phenoxy) is 2. The molecule has 0 fully saturated rings. The quantitative estimate of drug-likeness (QED) is 0.475. The van der Waals surface area contributed by atoms with E-state index in [0.29, 0.717) is 16.5 Å². The molecule has 0 saturated carbocycles. The maximum absolute atomic E-state index is 12.2. The molecule has 0 aliphatic heterocycles. The van der Waals surface area contributed by atoms with E-state index in [2.05, 4.69) is 4.74 Å². The molecule has 0 saturated heterocycles. The first-order valence-corrected chi connectivity index (χ1v) is 8.24. The van der Waals surface area contributed by atoms with Gasteiger partial charge in [0, 0.05) is 17.0 Å². The number of aryl methyl sites for hydroxylation is 1. The average Bonchev–Trinajstić information content (AvgIpc) is 2.65. The molecule has 27 heavy (non-hydrogen) atoms. The summed E-state index contributed by atoms with van der Waals surface area (Å²) in [5.41, 5.74) is 1.62. The second kappa shape index (κ2) is 7.99. The molecule has 1 heterocycles. The van der Waals surface area contributed by atoms with Gasteiger partial charge in [-0.25, -0.2) is 9.59 Å². The number of hydrogen-bond acceptors (Lipinski definition) is 5. The van der Waals surface area contributed by atoms with Crippen molar-refractivity contribution in [2.24, 2.45) is 0 Å². The van der Waals surface area contributed by atoms with E-state index in [1.165, 1.54) is 30.3 Å². The summed E-state index contributed by atoms with van der Waals surface area (Å²) in [5.74, 6) is -0.704. The minimum absolute atomic E-state index is 0.0556. The third-order valence-electron chi connectivity index (χ3n) is 3.98. The van der Waals surface area contributed by atoms with Crippen LogP contribution in [-0.2, 0) is 17.8 Å². The molecule has 0 N–H and O–H groups in total. The van der Waals surface area contributed by atoms with Crippen LogP contribution < -0.4 is 10.4 Å². The Balaban J connectivity index is 1.76. The Kier molecular flexibility index (Phi) is 5.49. The molecule has 0 radical (unpaired) electrons. The van der Waals surface area contributed by atoms with Crippen LogP contribution in [0.4, 0.5) is 8.78 Å². The van der Waals surface area contributed by atoms with Crippen molar-refractivity contribution in [2.75, 3.05) is 0 Å². The summed E-state index contributed by atoms with van der Waals surface area (Å²) in [6.45, 7) is -1.07. The summed E-state index contributed by atoms with van der Waals surface area (Å²) >= 11 is 0.